The van der Waals surface area contributed by atoms with E-state index in [4.69, 9.17) is 0 Å². The maximum absolute atomic E-state index is 11.4. The Labute approximate surface area is 130 Å². The predicted octanol–water partition coefficient (Wildman–Crippen LogP) is 3.53. The van der Waals surface area contributed by atoms with E-state index in [1.54, 1.807) is 23.5 Å². The number of aliphatic hydroxyl groups is 1. The van der Waals surface area contributed by atoms with Gasteiger partial charge < -0.3 is 5.11 Å². The van der Waals surface area contributed by atoms with Gasteiger partial charge in [0.25, 0.3) is 0 Å². The summed E-state index contributed by atoms with van der Waals surface area (Å²) in [6.45, 7) is 6.40. The third-order valence-electron chi connectivity index (χ3n) is 3.26. The summed E-state index contributed by atoms with van der Waals surface area (Å²) in [5.41, 5.74) is 0.757. The highest BCUT2D eigenvalue weighted by Crippen LogP contribution is 2.34. The minimum atomic E-state index is -3.20. The van der Waals surface area contributed by atoms with Crippen molar-refractivity contribution >= 4 is 21.2 Å². The molecule has 2 aromatic rings. The smallest absolute Gasteiger partial charge is 0.175 e. The normalized spacial score (nSPS) is 14.1. The van der Waals surface area contributed by atoms with E-state index in [0.717, 1.165) is 4.88 Å². The number of hydrogen-bond acceptors (Lipinski definition) is 4. The Balaban J connectivity index is 2.28. The van der Waals surface area contributed by atoms with Crippen LogP contribution in [0.15, 0.2) is 41.3 Å². The van der Waals surface area contributed by atoms with E-state index in [2.05, 4.69) is 20.8 Å². The summed E-state index contributed by atoms with van der Waals surface area (Å²) in [5.74, 6) is 0. The van der Waals surface area contributed by atoms with Crippen LogP contribution in [-0.4, -0.2) is 19.8 Å². The van der Waals surface area contributed by atoms with Gasteiger partial charge in [0.1, 0.15) is 6.10 Å². The number of benzene rings is 1. The molecule has 1 heterocycles. The van der Waals surface area contributed by atoms with Crippen molar-refractivity contribution in [1.29, 1.82) is 0 Å². The molecule has 0 amide bonds. The molecule has 1 aromatic carbocycles. The molecule has 0 radical (unpaired) electrons. The molecule has 21 heavy (non-hydrogen) atoms. The van der Waals surface area contributed by atoms with Gasteiger partial charge >= 0.3 is 0 Å². The summed E-state index contributed by atoms with van der Waals surface area (Å²) < 4.78 is 22.9. The molecule has 1 N–H and O–H groups in total. The van der Waals surface area contributed by atoms with E-state index < -0.39 is 15.9 Å². The Kier molecular flexibility index (Phi) is 4.29. The van der Waals surface area contributed by atoms with Gasteiger partial charge in [-0.15, -0.1) is 11.3 Å². The van der Waals surface area contributed by atoms with E-state index >= 15 is 0 Å². The van der Waals surface area contributed by atoms with Crippen LogP contribution in [0.4, 0.5) is 0 Å². The van der Waals surface area contributed by atoms with Crippen LogP contribution >= 0.6 is 11.3 Å². The number of hydrogen-bond donors (Lipinski definition) is 1. The Hall–Kier alpha value is -1.17. The zero-order chi connectivity index (χ0) is 15.8. The number of aliphatic hydroxyl groups excluding tert-OH is 1. The highest BCUT2D eigenvalue weighted by molar-refractivity contribution is 7.90. The lowest BCUT2D eigenvalue weighted by atomic mass is 9.95. The van der Waals surface area contributed by atoms with Crippen molar-refractivity contribution in [3.05, 3.63) is 51.7 Å². The average molecular weight is 324 g/mol. The van der Waals surface area contributed by atoms with Crippen LogP contribution in [0.25, 0.3) is 0 Å². The summed E-state index contributed by atoms with van der Waals surface area (Å²) >= 11 is 1.58. The lowest BCUT2D eigenvalue weighted by Crippen LogP contribution is -2.07. The lowest BCUT2D eigenvalue weighted by molar-refractivity contribution is 0.224. The molecule has 0 aliphatic rings. The van der Waals surface area contributed by atoms with Crippen molar-refractivity contribution < 1.29 is 13.5 Å². The molecule has 2 rings (SSSR count). The molecule has 0 saturated heterocycles. The van der Waals surface area contributed by atoms with Gasteiger partial charge in [-0.1, -0.05) is 32.9 Å². The van der Waals surface area contributed by atoms with Gasteiger partial charge in [0.2, 0.25) is 0 Å². The lowest BCUT2D eigenvalue weighted by Gasteiger charge is -2.16. The first-order chi connectivity index (χ1) is 9.59. The SMILES string of the molecule is CC(C)(C)c1ccc(C(O)c2ccc(S(C)(=O)=O)cc2)s1. The Bertz CT molecular complexity index is 720. The van der Waals surface area contributed by atoms with E-state index in [0.29, 0.717) is 5.56 Å². The molecular weight excluding hydrogens is 304 g/mol. The monoisotopic (exact) mass is 324 g/mol. The third kappa shape index (κ3) is 3.73. The third-order valence-corrected chi connectivity index (χ3v) is 5.95. The standard InChI is InChI=1S/C16H20O3S2/c1-16(2,3)14-10-9-13(20-14)15(17)11-5-7-12(8-6-11)21(4,18)19/h5-10,15,17H,1-4H3. The molecular formula is C16H20O3S2. The van der Waals surface area contributed by atoms with Gasteiger partial charge in [0, 0.05) is 16.0 Å². The second-order valence-corrected chi connectivity index (χ2v) is 9.33. The minimum absolute atomic E-state index is 0.0583. The quantitative estimate of drug-likeness (QED) is 0.939. The summed E-state index contributed by atoms with van der Waals surface area (Å²) in [4.78, 5) is 2.34. The average Bonchev–Trinajstić information content (AvgIpc) is 2.86. The largest absolute Gasteiger partial charge is 0.383 e. The van der Waals surface area contributed by atoms with Gasteiger partial charge in [-0.25, -0.2) is 8.42 Å². The van der Waals surface area contributed by atoms with Crippen molar-refractivity contribution in [3.8, 4) is 0 Å². The number of rotatable bonds is 3. The molecule has 1 aromatic heterocycles. The number of thiophene rings is 1. The van der Waals surface area contributed by atoms with Crippen molar-refractivity contribution in [3.63, 3.8) is 0 Å². The maximum Gasteiger partial charge on any atom is 0.175 e. The molecule has 0 spiro atoms. The molecule has 3 nitrogen and oxygen atoms in total. The van der Waals surface area contributed by atoms with Crippen molar-refractivity contribution in [2.24, 2.45) is 0 Å². The van der Waals surface area contributed by atoms with Crippen LogP contribution in [0.2, 0.25) is 0 Å². The second kappa shape index (κ2) is 5.55. The molecule has 1 atom stereocenters. The Morgan fingerprint density at radius 3 is 2.05 bits per heavy atom. The van der Waals surface area contributed by atoms with Crippen LogP contribution < -0.4 is 0 Å². The van der Waals surface area contributed by atoms with Crippen LogP contribution in [0.3, 0.4) is 0 Å². The highest BCUT2D eigenvalue weighted by Gasteiger charge is 2.20. The summed E-state index contributed by atoms with van der Waals surface area (Å²) in [6.07, 6.45) is 0.451. The van der Waals surface area contributed by atoms with E-state index in [1.807, 2.05) is 12.1 Å². The van der Waals surface area contributed by atoms with Gasteiger partial charge in [0.05, 0.1) is 4.90 Å². The first-order valence-corrected chi connectivity index (χ1v) is 9.38. The first-order valence-electron chi connectivity index (χ1n) is 6.67. The van der Waals surface area contributed by atoms with Crippen LogP contribution in [-0.2, 0) is 15.3 Å². The molecule has 0 bridgehead atoms. The van der Waals surface area contributed by atoms with Crippen molar-refractivity contribution in [2.75, 3.05) is 6.26 Å². The minimum Gasteiger partial charge on any atom is -0.383 e. The van der Waals surface area contributed by atoms with Crippen LogP contribution in [0, 0.1) is 0 Å². The molecule has 0 aliphatic heterocycles. The zero-order valence-electron chi connectivity index (χ0n) is 12.6. The summed E-state index contributed by atoms with van der Waals surface area (Å²) in [6, 6.07) is 10.4. The fourth-order valence-corrected chi connectivity index (χ4v) is 3.67. The van der Waals surface area contributed by atoms with Crippen molar-refractivity contribution in [2.45, 2.75) is 37.2 Å². The highest BCUT2D eigenvalue weighted by atomic mass is 32.2. The van der Waals surface area contributed by atoms with E-state index in [-0.39, 0.29) is 10.3 Å². The second-order valence-electron chi connectivity index (χ2n) is 6.20. The van der Waals surface area contributed by atoms with Gasteiger partial charge in [-0.3, -0.25) is 0 Å². The Morgan fingerprint density at radius 2 is 1.62 bits per heavy atom. The molecule has 0 fully saturated rings. The fourth-order valence-electron chi connectivity index (χ4n) is 1.96. The fraction of sp³-hybridized carbons (Fsp3) is 0.375. The van der Waals surface area contributed by atoms with Gasteiger partial charge in [-0.05, 0) is 35.2 Å². The van der Waals surface area contributed by atoms with Crippen LogP contribution in [0.1, 0.15) is 42.2 Å². The molecule has 114 valence electrons. The number of sulfone groups is 1. The molecule has 1 unspecified atom stereocenters. The van der Waals surface area contributed by atoms with E-state index in [9.17, 15) is 13.5 Å². The topological polar surface area (TPSA) is 54.4 Å². The van der Waals surface area contributed by atoms with Crippen molar-refractivity contribution in [1.82, 2.24) is 0 Å². The van der Waals surface area contributed by atoms with Gasteiger partial charge in [0.15, 0.2) is 9.84 Å². The molecule has 0 aliphatic carbocycles. The molecule has 5 heteroatoms. The summed E-state index contributed by atoms with van der Waals surface area (Å²) in [7, 11) is -3.20. The van der Waals surface area contributed by atoms with Crippen LogP contribution in [0.5, 0.6) is 0 Å². The summed E-state index contributed by atoms with van der Waals surface area (Å²) in [5, 5.41) is 10.4. The van der Waals surface area contributed by atoms with Gasteiger partial charge in [-0.2, -0.15) is 0 Å². The zero-order valence-corrected chi connectivity index (χ0v) is 14.3. The maximum atomic E-state index is 11.4. The Morgan fingerprint density at radius 1 is 1.05 bits per heavy atom. The predicted molar refractivity (Wildman–Crippen MR) is 86.6 cm³/mol. The molecule has 0 saturated carbocycles. The van der Waals surface area contributed by atoms with E-state index in [1.165, 1.54) is 23.3 Å². The first kappa shape index (κ1) is 16.2.